The minimum atomic E-state index is -2.49. The number of ether oxygens (including phenoxy) is 6. The second kappa shape index (κ2) is 31.0. The molecule has 0 spiro atoms. The van der Waals surface area contributed by atoms with Crippen molar-refractivity contribution in [2.45, 2.75) is 76.8 Å². The summed E-state index contributed by atoms with van der Waals surface area (Å²) in [6, 6.07) is 50.0. The molecule has 0 aliphatic rings. The molecule has 20 heteroatoms. The molecule has 3 amide bonds. The van der Waals surface area contributed by atoms with Crippen LogP contribution < -0.4 is 35.9 Å². The molecule has 3 atom stereocenters. The molecular formula is C66H59F5N4O11. The van der Waals surface area contributed by atoms with Crippen LogP contribution in [0.2, 0.25) is 0 Å². The summed E-state index contributed by atoms with van der Waals surface area (Å²) in [6.07, 6.45) is -2.30. The van der Waals surface area contributed by atoms with Crippen LogP contribution in [-0.2, 0) is 74.5 Å². The average molecular weight is 1180 g/mol. The average Bonchev–Trinajstić information content (AvgIpc) is 3.73. The number of rotatable bonds is 27. The first-order valence-electron chi connectivity index (χ1n) is 27.2. The summed E-state index contributed by atoms with van der Waals surface area (Å²) in [6.45, 7) is -0.174. The molecule has 15 nitrogen and oxygen atoms in total. The van der Waals surface area contributed by atoms with E-state index in [2.05, 4.69) is 16.0 Å². The SMILES string of the molecule is N[C@@H](CCCNC(=O)OCc1ccccc1)C(=O)N[C@@H](Cc1cc(-c2ccc(OCc3ccccc3)c(C[C@H](NC(=O)OCc3ccccc3)C(=O)Oc3c(F)c(F)c(F)c(F)c3F)c2)ccc1OCc1ccccc1)C(=O)OCc1ccccc1. The van der Waals surface area contributed by atoms with Gasteiger partial charge in [-0.3, -0.25) is 4.79 Å². The van der Waals surface area contributed by atoms with E-state index in [4.69, 9.17) is 34.2 Å². The molecule has 0 radical (unpaired) electrons. The van der Waals surface area contributed by atoms with Crippen LogP contribution >= 0.6 is 0 Å². The highest BCUT2D eigenvalue weighted by molar-refractivity contribution is 5.88. The van der Waals surface area contributed by atoms with Gasteiger partial charge < -0.3 is 50.1 Å². The predicted octanol–water partition coefficient (Wildman–Crippen LogP) is 11.5. The fraction of sp³-hybridized carbons (Fsp3) is 0.197. The fourth-order valence-corrected chi connectivity index (χ4v) is 8.69. The number of alkyl carbamates (subject to hydrolysis) is 2. The Kier molecular flexibility index (Phi) is 22.3. The van der Waals surface area contributed by atoms with Gasteiger partial charge in [0, 0.05) is 19.4 Å². The van der Waals surface area contributed by atoms with Crippen molar-refractivity contribution in [2.75, 3.05) is 6.54 Å². The van der Waals surface area contributed by atoms with Gasteiger partial charge in [0.25, 0.3) is 0 Å². The maximum atomic E-state index is 15.0. The molecule has 444 valence electrons. The zero-order valence-electron chi connectivity index (χ0n) is 46.2. The van der Waals surface area contributed by atoms with Crippen LogP contribution in [-0.4, -0.2) is 54.7 Å². The third-order valence-corrected chi connectivity index (χ3v) is 13.3. The molecule has 8 aromatic rings. The van der Waals surface area contributed by atoms with Crippen molar-refractivity contribution in [3.63, 3.8) is 0 Å². The number of nitrogens with one attached hydrogen (secondary N) is 3. The number of benzene rings is 8. The van der Waals surface area contributed by atoms with Gasteiger partial charge >= 0.3 is 24.1 Å². The molecule has 0 saturated carbocycles. The number of carbonyl (C=O) groups excluding carboxylic acids is 5. The van der Waals surface area contributed by atoms with Crippen molar-refractivity contribution in [1.82, 2.24) is 16.0 Å². The molecule has 0 unspecified atom stereocenters. The number of halogens is 5. The van der Waals surface area contributed by atoms with Crippen LogP contribution in [0.5, 0.6) is 17.2 Å². The van der Waals surface area contributed by atoms with E-state index >= 15 is 8.78 Å². The van der Waals surface area contributed by atoms with Crippen LogP contribution in [0, 0.1) is 29.1 Å². The minimum absolute atomic E-state index is 0.0190. The van der Waals surface area contributed by atoms with Gasteiger partial charge in [0.2, 0.25) is 40.7 Å². The van der Waals surface area contributed by atoms with Gasteiger partial charge in [-0.15, -0.1) is 0 Å². The first-order valence-corrected chi connectivity index (χ1v) is 27.2. The number of nitrogens with two attached hydrogens (primary N) is 1. The lowest BCUT2D eigenvalue weighted by Gasteiger charge is -2.22. The van der Waals surface area contributed by atoms with Gasteiger partial charge in [0.15, 0.2) is 0 Å². The summed E-state index contributed by atoms with van der Waals surface area (Å²) in [5.74, 6) is -16.7. The number of esters is 2. The van der Waals surface area contributed by atoms with Gasteiger partial charge in [0.05, 0.1) is 6.04 Å². The summed E-state index contributed by atoms with van der Waals surface area (Å²) >= 11 is 0. The third-order valence-electron chi connectivity index (χ3n) is 13.3. The molecule has 0 heterocycles. The quantitative estimate of drug-likeness (QED) is 0.00723. The maximum Gasteiger partial charge on any atom is 0.408 e. The normalized spacial score (nSPS) is 11.9. The highest BCUT2D eigenvalue weighted by atomic mass is 19.2. The molecule has 8 aromatic carbocycles. The molecule has 86 heavy (non-hydrogen) atoms. The van der Waals surface area contributed by atoms with E-state index in [1.165, 1.54) is 0 Å². The van der Waals surface area contributed by atoms with Crippen molar-refractivity contribution >= 4 is 30.0 Å². The van der Waals surface area contributed by atoms with Gasteiger partial charge in [0.1, 0.15) is 56.6 Å². The Morgan fingerprint density at radius 1 is 0.430 bits per heavy atom. The predicted molar refractivity (Wildman–Crippen MR) is 306 cm³/mol. The van der Waals surface area contributed by atoms with Gasteiger partial charge in [-0.25, -0.2) is 32.3 Å². The summed E-state index contributed by atoms with van der Waals surface area (Å²) in [4.78, 5) is 68.1. The van der Waals surface area contributed by atoms with Crippen LogP contribution in [0.1, 0.15) is 51.8 Å². The molecule has 0 aliphatic carbocycles. The second-order valence-electron chi connectivity index (χ2n) is 19.6. The van der Waals surface area contributed by atoms with Crippen LogP contribution in [0.25, 0.3) is 11.1 Å². The lowest BCUT2D eigenvalue weighted by Crippen LogP contribution is -2.50. The maximum absolute atomic E-state index is 15.0. The Bertz CT molecular complexity index is 3550. The summed E-state index contributed by atoms with van der Waals surface area (Å²) in [5.41, 5.74) is 11.4. The first-order chi connectivity index (χ1) is 41.7. The number of carbonyl (C=O) groups is 5. The van der Waals surface area contributed by atoms with E-state index in [-0.39, 0.29) is 70.2 Å². The summed E-state index contributed by atoms with van der Waals surface area (Å²) in [5, 5.41) is 7.74. The Morgan fingerprint density at radius 3 is 1.26 bits per heavy atom. The molecular weight excluding hydrogens is 1120 g/mol. The van der Waals surface area contributed by atoms with E-state index in [0.717, 1.165) is 16.7 Å². The Labute approximate surface area is 492 Å². The molecule has 0 fully saturated rings. The van der Waals surface area contributed by atoms with Crippen LogP contribution in [0.15, 0.2) is 188 Å². The molecule has 8 rings (SSSR count). The monoisotopic (exact) mass is 1180 g/mol. The van der Waals surface area contributed by atoms with Gasteiger partial charge in [-0.1, -0.05) is 164 Å². The van der Waals surface area contributed by atoms with Crippen molar-refractivity contribution in [1.29, 1.82) is 0 Å². The highest BCUT2D eigenvalue weighted by Crippen LogP contribution is 2.34. The standard InChI is InChI=1S/C66H59F5N4O11/c67-56-57(68)59(70)61(60(71)58(56)69)86-64(78)53(75-66(80)85-41-46-25-14-5-15-26-46)36-50-34-48(29-31-55(50)82-38-43-19-8-2-9-20-43)47-28-30-54(81-37-42-17-6-1-7-18-42)49(33-47)35-52(63(77)83-39-44-21-10-3-11-22-44)74-62(76)51(72)27-16-32-73-65(79)84-40-45-23-12-4-13-24-45/h1-15,17-26,28-31,33-34,51-53H,16,27,32,35-41,72H2,(H,73,79)(H,74,76)(H,75,80)/t51-,52-,53-/m0/s1. The smallest absolute Gasteiger partial charge is 0.408 e. The van der Waals surface area contributed by atoms with E-state index in [1.54, 1.807) is 127 Å². The molecule has 0 aliphatic heterocycles. The van der Waals surface area contributed by atoms with E-state index < -0.39 is 89.4 Å². The van der Waals surface area contributed by atoms with Gasteiger partial charge in [-0.05, 0) is 87.2 Å². The van der Waals surface area contributed by atoms with E-state index in [9.17, 15) is 37.1 Å². The van der Waals surface area contributed by atoms with Crippen molar-refractivity contribution in [3.05, 3.63) is 256 Å². The molecule has 5 N–H and O–H groups in total. The lowest BCUT2D eigenvalue weighted by molar-refractivity contribution is -0.149. The number of hydrogen-bond donors (Lipinski definition) is 4. The molecule has 0 saturated heterocycles. The Morgan fingerprint density at radius 2 is 0.814 bits per heavy atom. The zero-order chi connectivity index (χ0) is 60.8. The molecule has 0 aromatic heterocycles. The number of amides is 3. The van der Waals surface area contributed by atoms with Crippen molar-refractivity contribution in [2.24, 2.45) is 5.73 Å². The first kappa shape index (κ1) is 62.0. The van der Waals surface area contributed by atoms with E-state index in [0.29, 0.717) is 33.6 Å². The lowest BCUT2D eigenvalue weighted by atomic mass is 9.95. The molecule has 0 bridgehead atoms. The van der Waals surface area contributed by atoms with Crippen molar-refractivity contribution < 1.29 is 74.3 Å². The Balaban J connectivity index is 1.11. The summed E-state index contributed by atoms with van der Waals surface area (Å²) in [7, 11) is 0. The Hall–Kier alpha value is -10.1. The largest absolute Gasteiger partial charge is 0.489 e. The van der Waals surface area contributed by atoms with E-state index in [1.807, 2.05) is 60.7 Å². The topological polar surface area (TPSA) is 203 Å². The second-order valence-corrected chi connectivity index (χ2v) is 19.6. The van der Waals surface area contributed by atoms with Gasteiger partial charge in [-0.2, -0.15) is 8.78 Å². The third kappa shape index (κ3) is 18.0. The number of hydrogen-bond acceptors (Lipinski definition) is 12. The van der Waals surface area contributed by atoms with Crippen LogP contribution in [0.3, 0.4) is 0 Å². The highest BCUT2D eigenvalue weighted by Gasteiger charge is 2.33. The minimum Gasteiger partial charge on any atom is -0.489 e. The van der Waals surface area contributed by atoms with Crippen molar-refractivity contribution in [3.8, 4) is 28.4 Å². The summed E-state index contributed by atoms with van der Waals surface area (Å²) < 4.78 is 107. The fourth-order valence-electron chi connectivity index (χ4n) is 8.69. The van der Waals surface area contributed by atoms with Crippen LogP contribution in [0.4, 0.5) is 31.5 Å². The zero-order valence-corrected chi connectivity index (χ0v) is 46.2.